The van der Waals surface area contributed by atoms with Crippen molar-refractivity contribution in [2.45, 2.75) is 70.7 Å². The lowest BCUT2D eigenvalue weighted by atomic mass is 10.1. The van der Waals surface area contributed by atoms with Gasteiger partial charge in [0.2, 0.25) is 11.8 Å². The van der Waals surface area contributed by atoms with Gasteiger partial charge in [-0.2, -0.15) is 0 Å². The second-order valence-electron chi connectivity index (χ2n) is 11.5. The van der Waals surface area contributed by atoms with Gasteiger partial charge in [0.1, 0.15) is 11.6 Å². The summed E-state index contributed by atoms with van der Waals surface area (Å²) in [6.45, 7) is 9.43. The van der Waals surface area contributed by atoms with E-state index in [4.69, 9.17) is 4.74 Å². The van der Waals surface area contributed by atoms with Gasteiger partial charge in [-0.25, -0.2) is 9.59 Å². The number of piperidine rings is 2. The number of likely N-dealkylation sites (tertiary alicyclic amines) is 1. The first kappa shape index (κ1) is 26.3. The monoisotopic (exact) mass is 526 g/mol. The molecule has 0 saturated carbocycles. The topological polar surface area (TPSA) is 109 Å². The van der Waals surface area contributed by atoms with E-state index in [1.807, 2.05) is 43.9 Å². The van der Waals surface area contributed by atoms with Crippen LogP contribution in [0, 0.1) is 0 Å². The fourth-order valence-corrected chi connectivity index (χ4v) is 5.99. The smallest absolute Gasteiger partial charge is 0.411 e. The highest BCUT2D eigenvalue weighted by Gasteiger charge is 2.36. The van der Waals surface area contributed by atoms with Crippen molar-refractivity contribution < 1.29 is 19.1 Å². The number of piperazine rings is 1. The third-order valence-corrected chi connectivity index (χ3v) is 7.78. The second-order valence-corrected chi connectivity index (χ2v) is 11.5. The summed E-state index contributed by atoms with van der Waals surface area (Å²) in [5.74, 6) is -0.738. The number of ether oxygens (including phenoxy) is 1. The maximum absolute atomic E-state index is 13.3. The van der Waals surface area contributed by atoms with Crippen LogP contribution in [0.25, 0.3) is 11.0 Å². The van der Waals surface area contributed by atoms with Crippen LogP contribution in [0.15, 0.2) is 23.0 Å². The minimum atomic E-state index is -0.707. The van der Waals surface area contributed by atoms with Gasteiger partial charge in [-0.05, 0) is 58.6 Å². The largest absolute Gasteiger partial charge is 0.444 e. The number of fused-ring (bicyclic) bond motifs is 1. The van der Waals surface area contributed by atoms with Gasteiger partial charge in [0.25, 0.3) is 0 Å². The first-order valence-corrected chi connectivity index (χ1v) is 13.6. The van der Waals surface area contributed by atoms with E-state index in [0.717, 1.165) is 56.6 Å². The molecular weight excluding hydrogens is 488 g/mol. The van der Waals surface area contributed by atoms with Crippen molar-refractivity contribution in [2.24, 2.45) is 7.05 Å². The second kappa shape index (κ2) is 10.1. The van der Waals surface area contributed by atoms with E-state index in [0.29, 0.717) is 18.5 Å². The van der Waals surface area contributed by atoms with E-state index in [1.165, 1.54) is 4.57 Å². The van der Waals surface area contributed by atoms with E-state index in [9.17, 15) is 19.2 Å². The molecule has 11 heteroatoms. The molecule has 0 spiro atoms. The Bertz CT molecular complexity index is 1300. The number of imide groups is 1. The van der Waals surface area contributed by atoms with Crippen molar-refractivity contribution in [3.63, 3.8) is 0 Å². The molecule has 3 fully saturated rings. The van der Waals surface area contributed by atoms with Crippen molar-refractivity contribution in [3.05, 3.63) is 28.7 Å². The van der Waals surface area contributed by atoms with Crippen molar-refractivity contribution in [3.8, 4) is 0 Å². The van der Waals surface area contributed by atoms with Gasteiger partial charge in [0.15, 0.2) is 0 Å². The van der Waals surface area contributed by atoms with Gasteiger partial charge in [-0.15, -0.1) is 0 Å². The number of benzene rings is 1. The molecule has 206 valence electrons. The number of carbonyl (C=O) groups excluding carboxylic acids is 3. The molecule has 3 amide bonds. The van der Waals surface area contributed by atoms with Gasteiger partial charge >= 0.3 is 11.8 Å². The minimum absolute atomic E-state index is 0.0227. The fourth-order valence-electron chi connectivity index (χ4n) is 5.99. The summed E-state index contributed by atoms with van der Waals surface area (Å²) in [7, 11) is 1.73. The molecule has 4 heterocycles. The molecular formula is C27H38N6O5. The molecule has 1 N–H and O–H groups in total. The number of amides is 3. The Kier molecular flexibility index (Phi) is 6.97. The summed E-state index contributed by atoms with van der Waals surface area (Å²) in [6.07, 6.45) is 3.28. The number of rotatable bonds is 3. The van der Waals surface area contributed by atoms with E-state index < -0.39 is 17.6 Å². The van der Waals surface area contributed by atoms with Gasteiger partial charge in [-0.1, -0.05) is 6.07 Å². The van der Waals surface area contributed by atoms with Crippen LogP contribution >= 0.6 is 0 Å². The molecule has 1 aromatic heterocycles. The number of imidazole rings is 1. The molecule has 3 aliphatic heterocycles. The lowest BCUT2D eigenvalue weighted by Crippen LogP contribution is -2.59. The highest BCUT2D eigenvalue weighted by Crippen LogP contribution is 2.31. The van der Waals surface area contributed by atoms with E-state index >= 15 is 0 Å². The van der Waals surface area contributed by atoms with Crippen molar-refractivity contribution in [1.82, 2.24) is 24.3 Å². The lowest BCUT2D eigenvalue weighted by molar-refractivity contribution is -0.135. The molecule has 1 aromatic carbocycles. The highest BCUT2D eigenvalue weighted by atomic mass is 16.6. The molecule has 38 heavy (non-hydrogen) atoms. The zero-order valence-electron chi connectivity index (χ0n) is 22.7. The van der Waals surface area contributed by atoms with E-state index in [-0.39, 0.29) is 30.3 Å². The number of nitrogens with zero attached hydrogens (tertiary/aromatic N) is 5. The number of para-hydroxylation sites is 1. The maximum Gasteiger partial charge on any atom is 0.411 e. The molecule has 2 aromatic rings. The van der Waals surface area contributed by atoms with Crippen molar-refractivity contribution in [2.75, 3.05) is 37.6 Å². The number of aromatic nitrogens is 2. The van der Waals surface area contributed by atoms with Crippen LogP contribution in [0.2, 0.25) is 0 Å². The zero-order chi connectivity index (χ0) is 27.2. The van der Waals surface area contributed by atoms with E-state index in [1.54, 1.807) is 11.6 Å². The number of anilines is 1. The Hall–Kier alpha value is -3.34. The van der Waals surface area contributed by atoms with Crippen LogP contribution in [-0.2, 0) is 21.4 Å². The summed E-state index contributed by atoms with van der Waals surface area (Å²) in [4.78, 5) is 57.0. The Balaban J connectivity index is 1.36. The normalized spacial score (nSPS) is 23.6. The first-order valence-electron chi connectivity index (χ1n) is 13.6. The average Bonchev–Trinajstić information content (AvgIpc) is 3.13. The number of hydrogen-bond donors (Lipinski definition) is 1. The van der Waals surface area contributed by atoms with Gasteiger partial charge in [-0.3, -0.25) is 33.8 Å². The van der Waals surface area contributed by atoms with Crippen LogP contribution in [0.1, 0.15) is 58.9 Å². The highest BCUT2D eigenvalue weighted by molar-refractivity contribution is 6.00. The first-order chi connectivity index (χ1) is 18.0. The maximum atomic E-state index is 13.3. The summed E-state index contributed by atoms with van der Waals surface area (Å²) in [5.41, 5.74) is 1.62. The van der Waals surface area contributed by atoms with Crippen molar-refractivity contribution >= 4 is 34.6 Å². The number of hydrogen-bond acceptors (Lipinski definition) is 7. The van der Waals surface area contributed by atoms with E-state index in [2.05, 4.69) is 15.1 Å². The Morgan fingerprint density at radius 2 is 1.74 bits per heavy atom. The van der Waals surface area contributed by atoms with Crippen molar-refractivity contribution in [1.29, 1.82) is 0 Å². The Morgan fingerprint density at radius 3 is 2.42 bits per heavy atom. The molecule has 2 unspecified atom stereocenters. The quantitative estimate of drug-likeness (QED) is 0.611. The standard InChI is InChI=1S/C27H38N6O5/c1-27(2,3)38-26(37)32-13-6-5-10-22(32)31-16-14-30(15-17-31)18-8-7-9-19-23(18)29(4)25(36)33(19)20-11-12-21(34)28-24(20)35/h7-9,20,22H,5-6,10-17H2,1-4H3,(H,28,34,35). The zero-order valence-corrected chi connectivity index (χ0v) is 22.7. The predicted molar refractivity (Wildman–Crippen MR) is 143 cm³/mol. The van der Waals surface area contributed by atoms with Gasteiger partial charge in [0, 0.05) is 46.2 Å². The average molecular weight is 527 g/mol. The molecule has 2 atom stereocenters. The third-order valence-electron chi connectivity index (χ3n) is 7.78. The predicted octanol–water partition coefficient (Wildman–Crippen LogP) is 2.19. The molecule has 3 aliphatic rings. The molecule has 11 nitrogen and oxygen atoms in total. The molecule has 0 bridgehead atoms. The van der Waals surface area contributed by atoms with Gasteiger partial charge < -0.3 is 9.64 Å². The van der Waals surface area contributed by atoms with Crippen LogP contribution in [0.4, 0.5) is 10.5 Å². The summed E-state index contributed by atoms with van der Waals surface area (Å²) in [5, 5.41) is 2.37. The Morgan fingerprint density at radius 1 is 1.00 bits per heavy atom. The van der Waals surface area contributed by atoms with Gasteiger partial charge in [0.05, 0.1) is 22.9 Å². The molecule has 5 rings (SSSR count). The fraction of sp³-hybridized carbons (Fsp3) is 0.630. The van der Waals surface area contributed by atoms with Crippen LogP contribution in [0.5, 0.6) is 0 Å². The third kappa shape index (κ3) is 4.91. The number of nitrogens with one attached hydrogen (secondary N) is 1. The number of carbonyl (C=O) groups is 3. The van der Waals surface area contributed by atoms with Crippen LogP contribution in [-0.4, -0.2) is 81.3 Å². The number of aryl methyl sites for hydroxylation is 1. The molecule has 0 radical (unpaired) electrons. The minimum Gasteiger partial charge on any atom is -0.444 e. The molecule has 0 aliphatic carbocycles. The Labute approximate surface area is 222 Å². The lowest BCUT2D eigenvalue weighted by Gasteiger charge is -2.46. The van der Waals surface area contributed by atoms with Crippen LogP contribution in [0.3, 0.4) is 0 Å². The summed E-state index contributed by atoms with van der Waals surface area (Å²) in [6, 6.07) is 5.08. The summed E-state index contributed by atoms with van der Waals surface area (Å²) < 4.78 is 8.82. The SMILES string of the molecule is Cn1c(=O)n(C2CCC(=O)NC2=O)c2cccc(N3CCN(C4CCCCN4C(=O)OC(C)(C)C)CC3)c21. The molecule has 3 saturated heterocycles. The summed E-state index contributed by atoms with van der Waals surface area (Å²) >= 11 is 0. The van der Waals surface area contributed by atoms with Crippen LogP contribution < -0.4 is 15.9 Å².